The fourth-order valence-corrected chi connectivity index (χ4v) is 6.26. The first-order chi connectivity index (χ1) is 20.5. The molecule has 7 heteroatoms. The van der Waals surface area contributed by atoms with Crippen LogP contribution in [0.3, 0.4) is 0 Å². The molecule has 1 atom stereocenters. The minimum atomic E-state index is -0.558. The normalized spacial score (nSPS) is 15.0. The van der Waals surface area contributed by atoms with Crippen molar-refractivity contribution in [2.24, 2.45) is 0 Å². The average Bonchev–Trinajstić information content (AvgIpc) is 3.28. The van der Waals surface area contributed by atoms with E-state index in [-0.39, 0.29) is 18.2 Å². The Morgan fingerprint density at radius 1 is 0.810 bits per heavy atom. The van der Waals surface area contributed by atoms with Crippen LogP contribution in [-0.4, -0.2) is 38.8 Å². The molecular weight excluding hydrogens is 544 g/mol. The van der Waals surface area contributed by atoms with Crippen molar-refractivity contribution in [3.63, 3.8) is 0 Å². The van der Waals surface area contributed by atoms with E-state index in [1.807, 2.05) is 36.5 Å². The number of pyridine rings is 1. The topological polar surface area (TPSA) is 76.6 Å². The minimum Gasteiger partial charge on any atom is -0.493 e. The lowest BCUT2D eigenvalue weighted by atomic mass is 10.0. The second kappa shape index (κ2) is 19.5. The first-order valence-corrected chi connectivity index (χ1v) is 17.1. The molecule has 2 aromatic rings. The molecule has 1 fully saturated rings. The molecule has 1 aromatic carbocycles. The maximum atomic E-state index is 12.9. The monoisotopic (exact) mass is 594 g/mol. The van der Waals surface area contributed by atoms with E-state index in [1.54, 1.807) is 0 Å². The smallest absolute Gasteiger partial charge is 0.295 e. The van der Waals surface area contributed by atoms with E-state index < -0.39 is 10.5 Å². The van der Waals surface area contributed by atoms with Crippen molar-refractivity contribution in [1.29, 1.82) is 0 Å². The van der Waals surface area contributed by atoms with Gasteiger partial charge in [0.15, 0.2) is 0 Å². The first-order valence-electron chi connectivity index (χ1n) is 16.2. The number of unbranched alkanes of at least 4 members (excludes halogenated alkanes) is 12. The van der Waals surface area contributed by atoms with E-state index in [1.165, 1.54) is 69.8 Å². The molecule has 0 N–H and O–H groups in total. The Labute approximate surface area is 257 Å². The molecule has 1 saturated heterocycles. The number of rotatable bonds is 21. The van der Waals surface area contributed by atoms with Crippen LogP contribution in [0.25, 0.3) is 0 Å². The maximum Gasteiger partial charge on any atom is 0.295 e. The molecule has 0 saturated carbocycles. The van der Waals surface area contributed by atoms with Crippen molar-refractivity contribution in [2.45, 2.75) is 128 Å². The highest BCUT2D eigenvalue weighted by atomic mass is 32.2. The van der Waals surface area contributed by atoms with Crippen LogP contribution in [0, 0.1) is 0 Å². The standard InChI is InChI=1S/C35H50N2O4S/c1-3-5-6-7-8-9-10-11-12-13-14-15-16-17-33(38)37-34(39)32(42-35(37)40)26-29-19-22-31(23-20-29)41-25-24-30-21-18-28(4-2)27-36-30/h18-23,27,32H,3-17,24-26H2,1-2H3. The van der Waals surface area contributed by atoms with Gasteiger partial charge in [-0.05, 0) is 48.6 Å². The van der Waals surface area contributed by atoms with Gasteiger partial charge in [-0.3, -0.25) is 19.4 Å². The van der Waals surface area contributed by atoms with Gasteiger partial charge in [0, 0.05) is 24.7 Å². The molecule has 0 spiro atoms. The zero-order valence-corrected chi connectivity index (χ0v) is 26.6. The zero-order valence-electron chi connectivity index (χ0n) is 25.8. The number of amides is 3. The minimum absolute atomic E-state index is 0.257. The van der Waals surface area contributed by atoms with Gasteiger partial charge >= 0.3 is 0 Å². The van der Waals surface area contributed by atoms with Gasteiger partial charge in [-0.25, -0.2) is 4.90 Å². The number of aromatic nitrogens is 1. The van der Waals surface area contributed by atoms with Gasteiger partial charge < -0.3 is 4.74 Å². The Bertz CT molecular complexity index is 1090. The number of nitrogens with zero attached hydrogens (tertiary/aromatic N) is 2. The summed E-state index contributed by atoms with van der Waals surface area (Å²) in [4.78, 5) is 43.5. The van der Waals surface area contributed by atoms with Crippen LogP contribution in [-0.2, 0) is 28.9 Å². The van der Waals surface area contributed by atoms with Gasteiger partial charge in [-0.2, -0.15) is 0 Å². The van der Waals surface area contributed by atoms with E-state index in [0.717, 1.165) is 65.8 Å². The molecule has 3 rings (SSSR count). The van der Waals surface area contributed by atoms with Gasteiger partial charge in [-0.15, -0.1) is 0 Å². The van der Waals surface area contributed by atoms with Crippen LogP contribution in [0.4, 0.5) is 4.79 Å². The summed E-state index contributed by atoms with van der Waals surface area (Å²) in [6, 6.07) is 11.7. The Morgan fingerprint density at radius 3 is 1.98 bits per heavy atom. The molecular formula is C35H50N2O4S. The molecule has 230 valence electrons. The molecule has 1 aromatic heterocycles. The summed E-state index contributed by atoms with van der Waals surface area (Å²) in [6.45, 7) is 4.89. The van der Waals surface area contributed by atoms with Crippen LogP contribution < -0.4 is 4.74 Å². The predicted molar refractivity (Wildman–Crippen MR) is 172 cm³/mol. The lowest BCUT2D eigenvalue weighted by Crippen LogP contribution is -2.37. The number of carbonyl (C=O) groups excluding carboxylic acids is 3. The van der Waals surface area contributed by atoms with Crippen LogP contribution in [0.15, 0.2) is 42.6 Å². The molecule has 1 aliphatic heterocycles. The van der Waals surface area contributed by atoms with Crippen molar-refractivity contribution >= 4 is 28.8 Å². The molecule has 1 aliphatic rings. The highest BCUT2D eigenvalue weighted by Gasteiger charge is 2.42. The van der Waals surface area contributed by atoms with Crippen molar-refractivity contribution in [1.82, 2.24) is 9.88 Å². The Hall–Kier alpha value is -2.67. The fraction of sp³-hybridized carbons (Fsp3) is 0.600. The molecule has 3 amide bonds. The highest BCUT2D eigenvalue weighted by molar-refractivity contribution is 8.15. The lowest BCUT2D eigenvalue weighted by molar-refractivity contribution is -0.139. The third-order valence-electron chi connectivity index (χ3n) is 7.93. The zero-order chi connectivity index (χ0) is 30.0. The van der Waals surface area contributed by atoms with E-state index in [0.29, 0.717) is 13.0 Å². The number of carbonyl (C=O) groups is 3. The summed E-state index contributed by atoms with van der Waals surface area (Å²) in [5.41, 5.74) is 3.15. The summed E-state index contributed by atoms with van der Waals surface area (Å²) in [6.07, 6.45) is 20.3. The predicted octanol–water partition coefficient (Wildman–Crippen LogP) is 8.88. The summed E-state index contributed by atoms with van der Waals surface area (Å²) in [7, 11) is 0. The third kappa shape index (κ3) is 11.9. The molecule has 0 radical (unpaired) electrons. The molecule has 6 nitrogen and oxygen atoms in total. The summed E-state index contributed by atoms with van der Waals surface area (Å²) in [5.74, 6) is 0.0114. The number of thioether (sulfide) groups is 1. The van der Waals surface area contributed by atoms with Gasteiger partial charge in [0.2, 0.25) is 5.91 Å². The largest absolute Gasteiger partial charge is 0.493 e. The van der Waals surface area contributed by atoms with Crippen LogP contribution in [0.5, 0.6) is 5.75 Å². The molecule has 2 heterocycles. The molecule has 0 aliphatic carbocycles. The lowest BCUT2D eigenvalue weighted by Gasteiger charge is -2.12. The first kappa shape index (κ1) is 33.8. The van der Waals surface area contributed by atoms with Crippen molar-refractivity contribution in [2.75, 3.05) is 6.61 Å². The summed E-state index contributed by atoms with van der Waals surface area (Å²) in [5, 5.41) is -0.998. The van der Waals surface area contributed by atoms with E-state index >= 15 is 0 Å². The number of benzene rings is 1. The number of imide groups is 3. The van der Waals surface area contributed by atoms with Crippen LogP contribution in [0.1, 0.15) is 121 Å². The number of ether oxygens (including phenoxy) is 1. The second-order valence-corrected chi connectivity index (χ2v) is 12.5. The van der Waals surface area contributed by atoms with Crippen LogP contribution >= 0.6 is 11.8 Å². The molecule has 0 bridgehead atoms. The maximum absolute atomic E-state index is 12.9. The van der Waals surface area contributed by atoms with Crippen molar-refractivity contribution in [3.8, 4) is 5.75 Å². The third-order valence-corrected chi connectivity index (χ3v) is 8.97. The Morgan fingerprint density at radius 2 is 1.40 bits per heavy atom. The van der Waals surface area contributed by atoms with Gasteiger partial charge in [0.05, 0.1) is 11.9 Å². The molecule has 1 unspecified atom stereocenters. The van der Waals surface area contributed by atoms with Gasteiger partial charge in [0.1, 0.15) is 5.75 Å². The molecule has 42 heavy (non-hydrogen) atoms. The average molecular weight is 595 g/mol. The Balaban J connectivity index is 1.28. The fourth-order valence-electron chi connectivity index (χ4n) is 5.24. The summed E-state index contributed by atoms with van der Waals surface area (Å²) < 4.78 is 5.86. The van der Waals surface area contributed by atoms with Gasteiger partial charge in [-0.1, -0.05) is 121 Å². The van der Waals surface area contributed by atoms with Gasteiger partial charge in [0.25, 0.3) is 11.1 Å². The highest BCUT2D eigenvalue weighted by Crippen LogP contribution is 2.31. The quantitative estimate of drug-likeness (QED) is 0.134. The van der Waals surface area contributed by atoms with E-state index in [4.69, 9.17) is 4.74 Å². The van der Waals surface area contributed by atoms with Crippen molar-refractivity contribution < 1.29 is 19.1 Å². The SMILES string of the molecule is CCCCCCCCCCCCCCCC(=O)N1C(=O)SC(Cc2ccc(OCCc3ccc(CC)cn3)cc2)C1=O. The number of hydrogen-bond acceptors (Lipinski definition) is 6. The van der Waals surface area contributed by atoms with E-state index in [9.17, 15) is 14.4 Å². The summed E-state index contributed by atoms with van der Waals surface area (Å²) >= 11 is 0.964. The van der Waals surface area contributed by atoms with E-state index in [2.05, 4.69) is 24.9 Å². The number of aryl methyl sites for hydroxylation is 1. The van der Waals surface area contributed by atoms with Crippen LogP contribution in [0.2, 0.25) is 0 Å². The second-order valence-electron chi connectivity index (χ2n) is 11.4. The van der Waals surface area contributed by atoms with Crippen molar-refractivity contribution in [3.05, 3.63) is 59.4 Å². The Kier molecular flexibility index (Phi) is 15.7. The number of hydrogen-bond donors (Lipinski definition) is 0.